The zero-order chi connectivity index (χ0) is 24.7. The Balaban J connectivity index is 3.15. The molecule has 0 saturated heterocycles. The molecule has 0 aromatic heterocycles. The molecule has 0 heterocycles. The number of carbonyl (C=O) groups excluding carboxylic acids is 2. The SMILES string of the molecule is COC(=O)[C@H]1C[C@H](OCCN=[N+]=[N-])[C@@H](O[Si](C)(C)C(C)(C)C)C[C@H]1NC(=O)OC(C)(C)C. The molecule has 1 fully saturated rings. The smallest absolute Gasteiger partial charge is 0.407 e. The minimum Gasteiger partial charge on any atom is -0.469 e. The molecule has 1 amide bonds. The maximum Gasteiger partial charge on any atom is 0.407 e. The monoisotopic (exact) mass is 472 g/mol. The fraction of sp³-hybridized carbons (Fsp3) is 0.905. The van der Waals surface area contributed by atoms with Crippen LogP contribution in [0.15, 0.2) is 5.11 Å². The number of hydrogen-bond donors (Lipinski definition) is 1. The van der Waals surface area contributed by atoms with Crippen LogP contribution in [0.25, 0.3) is 10.4 Å². The summed E-state index contributed by atoms with van der Waals surface area (Å²) < 4.78 is 23.0. The van der Waals surface area contributed by atoms with Gasteiger partial charge in [-0.1, -0.05) is 25.9 Å². The van der Waals surface area contributed by atoms with Crippen molar-refractivity contribution in [2.45, 2.75) is 96.4 Å². The van der Waals surface area contributed by atoms with Crippen LogP contribution in [0.4, 0.5) is 4.79 Å². The van der Waals surface area contributed by atoms with Gasteiger partial charge in [0.2, 0.25) is 0 Å². The lowest BCUT2D eigenvalue weighted by atomic mass is 9.81. The summed E-state index contributed by atoms with van der Waals surface area (Å²) in [5.41, 5.74) is 7.85. The van der Waals surface area contributed by atoms with Crippen LogP contribution >= 0.6 is 0 Å². The molecule has 4 atom stereocenters. The summed E-state index contributed by atoms with van der Waals surface area (Å²) in [6.45, 7) is 16.5. The van der Waals surface area contributed by atoms with E-state index in [-0.39, 0.29) is 24.3 Å². The van der Waals surface area contributed by atoms with E-state index in [2.05, 4.69) is 49.2 Å². The van der Waals surface area contributed by atoms with Gasteiger partial charge in [0.05, 0.1) is 31.8 Å². The number of nitrogens with zero attached hydrogens (tertiary/aromatic N) is 3. The largest absolute Gasteiger partial charge is 0.469 e. The van der Waals surface area contributed by atoms with Gasteiger partial charge in [-0.05, 0) is 57.3 Å². The maximum absolute atomic E-state index is 12.5. The van der Waals surface area contributed by atoms with E-state index in [9.17, 15) is 9.59 Å². The Kier molecular flexibility index (Phi) is 10.0. The van der Waals surface area contributed by atoms with E-state index in [1.54, 1.807) is 20.8 Å². The molecule has 0 aromatic rings. The van der Waals surface area contributed by atoms with Crippen molar-refractivity contribution in [3.8, 4) is 0 Å². The van der Waals surface area contributed by atoms with Gasteiger partial charge in [0.25, 0.3) is 0 Å². The van der Waals surface area contributed by atoms with E-state index in [1.807, 2.05) is 0 Å². The molecule has 0 aromatic carbocycles. The Hall–Kier alpha value is -1.81. The molecule has 0 radical (unpaired) electrons. The molecule has 1 saturated carbocycles. The van der Waals surface area contributed by atoms with E-state index in [0.717, 1.165) is 0 Å². The van der Waals surface area contributed by atoms with Crippen LogP contribution in [0.1, 0.15) is 54.4 Å². The van der Waals surface area contributed by atoms with Gasteiger partial charge in [0.1, 0.15) is 5.60 Å². The second-order valence-corrected chi connectivity index (χ2v) is 15.4. The van der Waals surface area contributed by atoms with Crippen LogP contribution in [0, 0.1) is 5.92 Å². The van der Waals surface area contributed by atoms with Crippen molar-refractivity contribution in [1.82, 2.24) is 5.32 Å². The summed E-state index contributed by atoms with van der Waals surface area (Å²) in [5.74, 6) is -1.04. The number of methoxy groups -OCH3 is 1. The summed E-state index contributed by atoms with van der Waals surface area (Å²) in [5, 5.41) is 6.32. The number of azide groups is 1. The number of hydrogen-bond acceptors (Lipinski definition) is 7. The van der Waals surface area contributed by atoms with Gasteiger partial charge >= 0.3 is 12.1 Å². The Morgan fingerprint density at radius 3 is 2.25 bits per heavy atom. The number of ether oxygens (including phenoxy) is 3. The minimum atomic E-state index is -2.18. The van der Waals surface area contributed by atoms with Crippen molar-refractivity contribution in [3.05, 3.63) is 10.4 Å². The van der Waals surface area contributed by atoms with Crippen molar-refractivity contribution >= 4 is 20.4 Å². The van der Waals surface area contributed by atoms with E-state index in [1.165, 1.54) is 7.11 Å². The molecule has 0 unspecified atom stereocenters. The van der Waals surface area contributed by atoms with Gasteiger partial charge in [0, 0.05) is 17.5 Å². The van der Waals surface area contributed by atoms with Crippen LogP contribution in [0.2, 0.25) is 18.1 Å². The van der Waals surface area contributed by atoms with Crippen molar-refractivity contribution in [2.24, 2.45) is 11.0 Å². The van der Waals surface area contributed by atoms with Crippen molar-refractivity contribution < 1.29 is 28.2 Å². The molecule has 1 rings (SSSR count). The zero-order valence-corrected chi connectivity index (χ0v) is 21.9. The Morgan fingerprint density at radius 1 is 1.12 bits per heavy atom. The van der Waals surface area contributed by atoms with Crippen molar-refractivity contribution in [2.75, 3.05) is 20.3 Å². The number of amides is 1. The lowest BCUT2D eigenvalue weighted by Gasteiger charge is -2.46. The second-order valence-electron chi connectivity index (χ2n) is 10.6. The third-order valence-corrected chi connectivity index (χ3v) is 10.4. The molecular weight excluding hydrogens is 432 g/mol. The fourth-order valence-corrected chi connectivity index (χ4v) is 4.67. The summed E-state index contributed by atoms with van der Waals surface area (Å²) in [4.78, 5) is 27.8. The number of carbonyl (C=O) groups is 2. The van der Waals surface area contributed by atoms with Crippen molar-refractivity contribution in [3.63, 3.8) is 0 Å². The number of nitrogens with one attached hydrogen (secondary N) is 1. The third-order valence-electron chi connectivity index (χ3n) is 5.92. The normalized spacial score (nSPS) is 24.3. The Morgan fingerprint density at radius 2 is 1.75 bits per heavy atom. The van der Waals surface area contributed by atoms with Crippen LogP contribution in [0.3, 0.4) is 0 Å². The molecule has 0 spiro atoms. The molecule has 1 aliphatic rings. The van der Waals surface area contributed by atoms with Crippen LogP contribution in [0.5, 0.6) is 0 Å². The van der Waals surface area contributed by atoms with Gasteiger partial charge in [-0.2, -0.15) is 0 Å². The molecule has 1 N–H and O–H groups in total. The molecule has 0 aliphatic heterocycles. The lowest BCUT2D eigenvalue weighted by Crippen LogP contribution is -2.57. The molecule has 32 heavy (non-hydrogen) atoms. The first kappa shape index (κ1) is 28.2. The van der Waals surface area contributed by atoms with Gasteiger partial charge in [-0.25, -0.2) is 4.79 Å². The highest BCUT2D eigenvalue weighted by Crippen LogP contribution is 2.40. The average molecular weight is 473 g/mol. The Labute approximate surface area is 192 Å². The number of esters is 1. The average Bonchev–Trinajstić information content (AvgIpc) is 2.63. The third kappa shape index (κ3) is 8.61. The molecule has 10 nitrogen and oxygen atoms in total. The topological polar surface area (TPSA) is 132 Å². The minimum absolute atomic E-state index is 0.0318. The molecule has 0 bridgehead atoms. The molecule has 1 aliphatic carbocycles. The maximum atomic E-state index is 12.5. The summed E-state index contributed by atoms with van der Waals surface area (Å²) in [7, 11) is -0.854. The predicted octanol–water partition coefficient (Wildman–Crippen LogP) is 4.55. The number of rotatable bonds is 8. The van der Waals surface area contributed by atoms with Crippen molar-refractivity contribution in [1.29, 1.82) is 0 Å². The van der Waals surface area contributed by atoms with E-state index >= 15 is 0 Å². The van der Waals surface area contributed by atoms with E-state index in [0.29, 0.717) is 12.8 Å². The molecule has 11 heteroatoms. The van der Waals surface area contributed by atoms with Crippen LogP contribution < -0.4 is 5.32 Å². The van der Waals surface area contributed by atoms with Gasteiger partial charge < -0.3 is 24.0 Å². The molecular formula is C21H40N4O6Si. The second kappa shape index (κ2) is 11.4. The van der Waals surface area contributed by atoms with E-state index in [4.69, 9.17) is 24.2 Å². The standard InChI is InChI=1S/C21H40N4O6Si/c1-20(2,3)30-19(27)24-15-13-17(31-32(8,9)21(4,5)6)16(29-11-10-23-25-22)12-14(15)18(26)28-7/h14-17H,10-13H2,1-9H3,(H,24,27)/t14-,15+,16-,17-/m0/s1. The summed E-state index contributed by atoms with van der Waals surface area (Å²) >= 11 is 0. The summed E-state index contributed by atoms with van der Waals surface area (Å²) in [6, 6.07) is -0.524. The quantitative estimate of drug-likeness (QED) is 0.138. The first-order chi connectivity index (χ1) is 14.6. The van der Waals surface area contributed by atoms with Gasteiger partial charge in [-0.15, -0.1) is 0 Å². The Bertz CT molecular complexity index is 697. The highest BCUT2D eigenvalue weighted by molar-refractivity contribution is 6.74. The van der Waals surface area contributed by atoms with Crippen LogP contribution in [-0.2, 0) is 23.4 Å². The van der Waals surface area contributed by atoms with Gasteiger partial charge in [-0.3, -0.25) is 4.79 Å². The highest BCUT2D eigenvalue weighted by atomic mass is 28.4. The number of alkyl carbamates (subject to hydrolysis) is 1. The predicted molar refractivity (Wildman–Crippen MR) is 124 cm³/mol. The van der Waals surface area contributed by atoms with E-state index < -0.39 is 44.0 Å². The first-order valence-corrected chi connectivity index (χ1v) is 13.9. The fourth-order valence-electron chi connectivity index (χ4n) is 3.31. The first-order valence-electron chi connectivity index (χ1n) is 11.0. The van der Waals surface area contributed by atoms with Gasteiger partial charge in [0.15, 0.2) is 8.32 Å². The lowest BCUT2D eigenvalue weighted by molar-refractivity contribution is -0.153. The highest BCUT2D eigenvalue weighted by Gasteiger charge is 2.47. The van der Waals surface area contributed by atoms with Crippen LogP contribution in [-0.4, -0.2) is 64.5 Å². The summed E-state index contributed by atoms with van der Waals surface area (Å²) in [6.07, 6.45) is -0.660. The molecule has 184 valence electrons. The zero-order valence-electron chi connectivity index (χ0n) is 20.9.